The lowest BCUT2D eigenvalue weighted by molar-refractivity contribution is 0.607. The van der Waals surface area contributed by atoms with Crippen LogP contribution in [0.25, 0.3) is 0 Å². The summed E-state index contributed by atoms with van der Waals surface area (Å²) in [6, 6.07) is 5.59. The van der Waals surface area contributed by atoms with Crippen LogP contribution in [0, 0.1) is 5.82 Å². The van der Waals surface area contributed by atoms with Crippen LogP contribution in [0.3, 0.4) is 0 Å². The molecule has 0 saturated carbocycles. The molecule has 1 aromatic heterocycles. The second-order valence-corrected chi connectivity index (χ2v) is 6.46. The van der Waals surface area contributed by atoms with Crippen molar-refractivity contribution in [1.29, 1.82) is 0 Å². The fourth-order valence-corrected chi connectivity index (χ4v) is 3.95. The first kappa shape index (κ1) is 13.2. The van der Waals surface area contributed by atoms with Gasteiger partial charge >= 0.3 is 0 Å². The van der Waals surface area contributed by atoms with Gasteiger partial charge in [-0.05, 0) is 48.4 Å². The van der Waals surface area contributed by atoms with Gasteiger partial charge in [0.15, 0.2) is 5.82 Å². The molecule has 5 heteroatoms. The minimum Gasteiger partial charge on any atom is -0.378 e. The van der Waals surface area contributed by atoms with Crippen molar-refractivity contribution < 1.29 is 4.39 Å². The van der Waals surface area contributed by atoms with E-state index >= 15 is 0 Å². The topological polar surface area (TPSA) is 12.0 Å². The summed E-state index contributed by atoms with van der Waals surface area (Å²) in [6.07, 6.45) is 3.38. The molecule has 1 unspecified atom stereocenters. The zero-order chi connectivity index (χ0) is 13.4. The van der Waals surface area contributed by atoms with Gasteiger partial charge in [-0.25, -0.2) is 4.39 Å². The van der Waals surface area contributed by atoms with Gasteiger partial charge in [0.05, 0.1) is 16.1 Å². The predicted molar refractivity (Wildman–Crippen MR) is 80.0 cm³/mol. The maximum absolute atomic E-state index is 13.4. The lowest BCUT2D eigenvalue weighted by Gasteiger charge is -2.25. The molecule has 1 atom stereocenters. The second kappa shape index (κ2) is 5.31. The van der Waals surface area contributed by atoms with Crippen molar-refractivity contribution in [2.45, 2.75) is 25.3 Å². The van der Waals surface area contributed by atoms with Crippen molar-refractivity contribution in [3.05, 3.63) is 49.9 Å². The van der Waals surface area contributed by atoms with Crippen LogP contribution in [-0.2, 0) is 6.42 Å². The van der Waals surface area contributed by atoms with Gasteiger partial charge in [-0.1, -0.05) is 23.2 Å². The minimum atomic E-state index is -0.561. The summed E-state index contributed by atoms with van der Waals surface area (Å²) in [5, 5.41) is 5.63. The van der Waals surface area contributed by atoms with Gasteiger partial charge in [-0.3, -0.25) is 0 Å². The van der Waals surface area contributed by atoms with E-state index in [1.807, 2.05) is 0 Å². The highest BCUT2D eigenvalue weighted by Crippen LogP contribution is 2.37. The van der Waals surface area contributed by atoms with E-state index in [0.717, 1.165) is 24.9 Å². The number of hydrogen-bond donors (Lipinski definition) is 1. The molecule has 0 bridgehead atoms. The van der Waals surface area contributed by atoms with Crippen LogP contribution in [0.15, 0.2) is 23.6 Å². The second-order valence-electron chi connectivity index (χ2n) is 4.64. The Bertz CT molecular complexity index is 588. The molecule has 0 aliphatic heterocycles. The van der Waals surface area contributed by atoms with Gasteiger partial charge in [-0.2, -0.15) is 0 Å². The van der Waals surface area contributed by atoms with Crippen LogP contribution >= 0.6 is 34.5 Å². The molecule has 2 aromatic rings. The van der Waals surface area contributed by atoms with Crippen LogP contribution in [0.5, 0.6) is 0 Å². The van der Waals surface area contributed by atoms with Crippen LogP contribution in [0.4, 0.5) is 10.1 Å². The van der Waals surface area contributed by atoms with Crippen molar-refractivity contribution in [1.82, 2.24) is 0 Å². The van der Waals surface area contributed by atoms with Gasteiger partial charge < -0.3 is 5.32 Å². The van der Waals surface area contributed by atoms with Crippen molar-refractivity contribution in [2.24, 2.45) is 0 Å². The summed E-state index contributed by atoms with van der Waals surface area (Å²) in [6.45, 7) is 0. The van der Waals surface area contributed by atoms with E-state index in [1.165, 1.54) is 10.4 Å². The Hall–Kier alpha value is -0.770. The van der Waals surface area contributed by atoms with E-state index in [1.54, 1.807) is 23.5 Å². The Morgan fingerprint density at radius 3 is 2.74 bits per heavy atom. The maximum atomic E-state index is 13.4. The fraction of sp³-hybridized carbons (Fsp3) is 0.286. The zero-order valence-electron chi connectivity index (χ0n) is 10.1. The highest BCUT2D eigenvalue weighted by Gasteiger charge is 2.21. The van der Waals surface area contributed by atoms with Crippen molar-refractivity contribution in [2.75, 3.05) is 5.32 Å². The Balaban J connectivity index is 1.87. The SMILES string of the molecule is Fc1c(Cl)cc(NC2CCCc3sccc32)cc1Cl. The predicted octanol–water partition coefficient (Wildman–Crippen LogP) is 5.68. The average molecular weight is 316 g/mol. The van der Waals surface area contributed by atoms with Gasteiger partial charge in [0, 0.05) is 10.6 Å². The zero-order valence-corrected chi connectivity index (χ0v) is 12.4. The smallest absolute Gasteiger partial charge is 0.160 e. The molecule has 0 amide bonds. The van der Waals surface area contributed by atoms with Crippen molar-refractivity contribution >= 4 is 40.2 Å². The number of halogens is 3. The molecule has 19 heavy (non-hydrogen) atoms. The maximum Gasteiger partial charge on any atom is 0.160 e. The average Bonchev–Trinajstić information content (AvgIpc) is 2.85. The fourth-order valence-electron chi connectivity index (χ4n) is 2.48. The first-order valence-electron chi connectivity index (χ1n) is 6.12. The summed E-state index contributed by atoms with van der Waals surface area (Å²) in [4.78, 5) is 1.43. The third kappa shape index (κ3) is 2.60. The van der Waals surface area contributed by atoms with Crippen molar-refractivity contribution in [3.8, 4) is 0 Å². The molecule has 0 radical (unpaired) electrons. The summed E-state index contributed by atoms with van der Waals surface area (Å²) in [7, 11) is 0. The number of nitrogens with one attached hydrogen (secondary N) is 1. The summed E-state index contributed by atoms with van der Waals surface area (Å²) >= 11 is 13.4. The highest BCUT2D eigenvalue weighted by atomic mass is 35.5. The van der Waals surface area contributed by atoms with E-state index in [4.69, 9.17) is 23.2 Å². The van der Waals surface area contributed by atoms with Gasteiger partial charge in [0.2, 0.25) is 0 Å². The molecule has 1 aromatic carbocycles. The summed E-state index contributed by atoms with van der Waals surface area (Å²) in [5.74, 6) is -0.561. The van der Waals surface area contributed by atoms with Crippen LogP contribution in [0.2, 0.25) is 10.0 Å². The number of benzene rings is 1. The summed E-state index contributed by atoms with van der Waals surface area (Å²) < 4.78 is 13.4. The molecule has 100 valence electrons. The van der Waals surface area contributed by atoms with Crippen LogP contribution in [0.1, 0.15) is 29.3 Å². The van der Waals surface area contributed by atoms with Gasteiger partial charge in [0.1, 0.15) is 0 Å². The van der Waals surface area contributed by atoms with Crippen molar-refractivity contribution in [3.63, 3.8) is 0 Å². The molecule has 1 nitrogen and oxygen atoms in total. The lowest BCUT2D eigenvalue weighted by Crippen LogP contribution is -2.15. The first-order valence-corrected chi connectivity index (χ1v) is 7.76. The summed E-state index contributed by atoms with van der Waals surface area (Å²) in [5.41, 5.74) is 2.10. The molecule has 1 aliphatic rings. The van der Waals surface area contributed by atoms with E-state index in [2.05, 4.69) is 16.8 Å². The Morgan fingerprint density at radius 2 is 2.00 bits per heavy atom. The monoisotopic (exact) mass is 315 g/mol. The Morgan fingerprint density at radius 1 is 1.26 bits per heavy atom. The van der Waals surface area contributed by atoms with Crippen LogP contribution < -0.4 is 5.32 Å². The van der Waals surface area contributed by atoms with Gasteiger partial charge in [0.25, 0.3) is 0 Å². The molecule has 0 fully saturated rings. The molecule has 1 heterocycles. The highest BCUT2D eigenvalue weighted by molar-refractivity contribution is 7.10. The normalized spacial score (nSPS) is 18.2. The van der Waals surface area contributed by atoms with E-state index in [9.17, 15) is 4.39 Å². The van der Waals surface area contributed by atoms with E-state index in [0.29, 0.717) is 0 Å². The number of rotatable bonds is 2. The Labute approximate surface area is 125 Å². The number of anilines is 1. The first-order chi connectivity index (χ1) is 9.15. The molecular formula is C14H12Cl2FNS. The third-order valence-electron chi connectivity index (χ3n) is 3.38. The molecule has 1 aliphatic carbocycles. The number of aryl methyl sites for hydroxylation is 1. The number of hydrogen-bond acceptors (Lipinski definition) is 2. The lowest BCUT2D eigenvalue weighted by atomic mass is 9.94. The minimum absolute atomic E-state index is 0.0522. The quantitative estimate of drug-likeness (QED) is 0.702. The Kier molecular flexibility index (Phi) is 3.70. The standard InChI is InChI=1S/C14H12Cl2FNS/c15-10-6-8(7-11(16)14(10)17)18-12-2-1-3-13-9(12)4-5-19-13/h4-7,12,18H,1-3H2. The molecule has 0 saturated heterocycles. The van der Waals surface area contributed by atoms with Gasteiger partial charge in [-0.15, -0.1) is 11.3 Å². The van der Waals surface area contributed by atoms with E-state index < -0.39 is 5.82 Å². The number of fused-ring (bicyclic) bond motifs is 1. The van der Waals surface area contributed by atoms with Crippen LogP contribution in [-0.4, -0.2) is 0 Å². The molecule has 3 rings (SSSR count). The largest absolute Gasteiger partial charge is 0.378 e. The third-order valence-corrected chi connectivity index (χ3v) is 4.92. The van der Waals surface area contributed by atoms with E-state index in [-0.39, 0.29) is 16.1 Å². The molecular weight excluding hydrogens is 304 g/mol. The molecule has 0 spiro atoms. The molecule has 1 N–H and O–H groups in total. The number of thiophene rings is 1.